The maximum atomic E-state index is 5.77. The number of hydrogen-bond donors (Lipinski definition) is 1. The molecule has 1 fully saturated rings. The van der Waals surface area contributed by atoms with Crippen molar-refractivity contribution in [3.8, 4) is 0 Å². The fourth-order valence-corrected chi connectivity index (χ4v) is 1.48. The molecule has 0 heterocycles. The van der Waals surface area contributed by atoms with Crippen molar-refractivity contribution in [2.24, 2.45) is 5.92 Å². The summed E-state index contributed by atoms with van der Waals surface area (Å²) in [6, 6.07) is 0.684. The van der Waals surface area contributed by atoms with Gasteiger partial charge in [-0.2, -0.15) is 0 Å². The van der Waals surface area contributed by atoms with Crippen LogP contribution in [0.4, 0.5) is 0 Å². The maximum Gasteiger partial charge on any atom is 0.0624 e. The Kier molecular flexibility index (Phi) is 4.39. The van der Waals surface area contributed by atoms with E-state index < -0.39 is 0 Å². The highest BCUT2D eigenvalue weighted by Gasteiger charge is 2.27. The molecule has 14 heavy (non-hydrogen) atoms. The van der Waals surface area contributed by atoms with Crippen LogP contribution < -0.4 is 5.32 Å². The molecule has 1 atom stereocenters. The summed E-state index contributed by atoms with van der Waals surface area (Å²) in [6.07, 6.45) is 3.90. The Morgan fingerprint density at radius 3 is 2.57 bits per heavy atom. The molecule has 0 aromatic rings. The minimum Gasteiger partial charge on any atom is -0.374 e. The minimum atomic E-state index is 0.0461. The van der Waals surface area contributed by atoms with Gasteiger partial charge in [-0.3, -0.25) is 0 Å². The fraction of sp³-hybridized carbons (Fsp3) is 1.00. The van der Waals surface area contributed by atoms with Crippen molar-refractivity contribution in [1.29, 1.82) is 0 Å². The summed E-state index contributed by atoms with van der Waals surface area (Å²) in [6.45, 7) is 10.6. The van der Waals surface area contributed by atoms with Crippen molar-refractivity contribution in [3.63, 3.8) is 0 Å². The molecule has 1 saturated carbocycles. The minimum absolute atomic E-state index is 0.0461. The van der Waals surface area contributed by atoms with E-state index in [1.807, 2.05) is 0 Å². The Hall–Kier alpha value is -0.0800. The highest BCUT2D eigenvalue weighted by molar-refractivity contribution is 4.83. The van der Waals surface area contributed by atoms with Crippen molar-refractivity contribution in [1.82, 2.24) is 5.32 Å². The van der Waals surface area contributed by atoms with E-state index in [0.717, 1.165) is 25.5 Å². The molecule has 0 radical (unpaired) electrons. The first-order valence-electron chi connectivity index (χ1n) is 5.92. The van der Waals surface area contributed by atoms with E-state index in [1.165, 1.54) is 12.8 Å². The lowest BCUT2D eigenvalue weighted by molar-refractivity contribution is -0.0187. The molecule has 0 aromatic carbocycles. The van der Waals surface area contributed by atoms with Crippen molar-refractivity contribution in [3.05, 3.63) is 0 Å². The zero-order chi connectivity index (χ0) is 10.6. The lowest BCUT2D eigenvalue weighted by Gasteiger charge is -2.24. The molecule has 1 rings (SSSR count). The molecule has 0 amide bonds. The van der Waals surface area contributed by atoms with Crippen LogP contribution in [0.25, 0.3) is 0 Å². The van der Waals surface area contributed by atoms with Gasteiger partial charge in [0, 0.05) is 12.6 Å². The number of nitrogens with one attached hydrogen (secondary N) is 1. The predicted octanol–water partition coefficient (Wildman–Crippen LogP) is 2.58. The summed E-state index contributed by atoms with van der Waals surface area (Å²) >= 11 is 0. The number of rotatable bonds is 7. The molecule has 2 heteroatoms. The largest absolute Gasteiger partial charge is 0.374 e. The molecule has 0 spiro atoms. The van der Waals surface area contributed by atoms with Gasteiger partial charge >= 0.3 is 0 Å². The van der Waals surface area contributed by atoms with Crippen LogP contribution in [0.3, 0.4) is 0 Å². The van der Waals surface area contributed by atoms with Crippen LogP contribution in [0.2, 0.25) is 0 Å². The first-order chi connectivity index (χ1) is 6.55. The monoisotopic (exact) mass is 199 g/mol. The van der Waals surface area contributed by atoms with Gasteiger partial charge in [-0.25, -0.2) is 0 Å². The third-order valence-electron chi connectivity index (χ3n) is 3.24. The van der Waals surface area contributed by atoms with Crippen LogP contribution >= 0.6 is 0 Å². The topological polar surface area (TPSA) is 21.3 Å². The zero-order valence-corrected chi connectivity index (χ0v) is 10.1. The average molecular weight is 199 g/mol. The van der Waals surface area contributed by atoms with Gasteiger partial charge in [-0.05, 0) is 46.0 Å². The molecule has 84 valence electrons. The quantitative estimate of drug-likeness (QED) is 0.636. The molecule has 0 bridgehead atoms. The second-order valence-corrected chi connectivity index (χ2v) is 5.04. The third-order valence-corrected chi connectivity index (χ3v) is 3.24. The normalized spacial score (nSPS) is 19.7. The Morgan fingerprint density at radius 1 is 1.43 bits per heavy atom. The van der Waals surface area contributed by atoms with Crippen molar-refractivity contribution in [2.45, 2.75) is 58.6 Å². The van der Waals surface area contributed by atoms with E-state index in [2.05, 4.69) is 33.0 Å². The van der Waals surface area contributed by atoms with Crippen molar-refractivity contribution < 1.29 is 4.74 Å². The van der Waals surface area contributed by atoms with E-state index in [9.17, 15) is 0 Å². The molecule has 1 N–H and O–H groups in total. The Bertz CT molecular complexity index is 164. The van der Waals surface area contributed by atoms with Gasteiger partial charge in [0.15, 0.2) is 0 Å². The highest BCUT2D eigenvalue weighted by atomic mass is 16.5. The Morgan fingerprint density at radius 2 is 2.07 bits per heavy atom. The van der Waals surface area contributed by atoms with Gasteiger partial charge in [0.1, 0.15) is 0 Å². The van der Waals surface area contributed by atoms with Gasteiger partial charge in [-0.15, -0.1) is 0 Å². The van der Waals surface area contributed by atoms with E-state index in [1.54, 1.807) is 0 Å². The SMILES string of the molecule is CCC(C)(C)OCCNC(C)C1CC1. The van der Waals surface area contributed by atoms with Gasteiger partial charge < -0.3 is 10.1 Å². The second kappa shape index (κ2) is 5.13. The molecule has 0 aromatic heterocycles. The average Bonchev–Trinajstić information content (AvgIpc) is 2.95. The van der Waals surface area contributed by atoms with Crippen LogP contribution in [-0.2, 0) is 4.74 Å². The van der Waals surface area contributed by atoms with Crippen molar-refractivity contribution in [2.75, 3.05) is 13.2 Å². The molecular weight excluding hydrogens is 174 g/mol. The third kappa shape index (κ3) is 4.43. The lowest BCUT2D eigenvalue weighted by Crippen LogP contribution is -2.34. The number of hydrogen-bond acceptors (Lipinski definition) is 2. The van der Waals surface area contributed by atoms with Gasteiger partial charge in [0.25, 0.3) is 0 Å². The standard InChI is InChI=1S/C12H25NO/c1-5-12(3,4)14-9-8-13-10(2)11-6-7-11/h10-11,13H,5-9H2,1-4H3. The molecule has 1 unspecified atom stereocenters. The molecule has 0 saturated heterocycles. The van der Waals surface area contributed by atoms with Gasteiger partial charge in [0.05, 0.1) is 12.2 Å². The van der Waals surface area contributed by atoms with E-state index in [0.29, 0.717) is 6.04 Å². The fourth-order valence-electron chi connectivity index (χ4n) is 1.48. The van der Waals surface area contributed by atoms with E-state index in [-0.39, 0.29) is 5.60 Å². The highest BCUT2D eigenvalue weighted by Crippen LogP contribution is 2.32. The first-order valence-corrected chi connectivity index (χ1v) is 5.92. The maximum absolute atomic E-state index is 5.77. The van der Waals surface area contributed by atoms with Gasteiger partial charge in [0.2, 0.25) is 0 Å². The number of ether oxygens (including phenoxy) is 1. The molecule has 1 aliphatic rings. The van der Waals surface area contributed by atoms with Crippen LogP contribution in [0.15, 0.2) is 0 Å². The summed E-state index contributed by atoms with van der Waals surface area (Å²) in [5, 5.41) is 3.52. The van der Waals surface area contributed by atoms with Crippen LogP contribution in [0.5, 0.6) is 0 Å². The zero-order valence-electron chi connectivity index (χ0n) is 10.1. The van der Waals surface area contributed by atoms with Crippen LogP contribution in [0.1, 0.15) is 47.0 Å². The second-order valence-electron chi connectivity index (χ2n) is 5.04. The smallest absolute Gasteiger partial charge is 0.0624 e. The summed E-state index contributed by atoms with van der Waals surface area (Å²) in [5.74, 6) is 0.939. The van der Waals surface area contributed by atoms with E-state index in [4.69, 9.17) is 4.74 Å². The molecule has 2 nitrogen and oxygen atoms in total. The van der Waals surface area contributed by atoms with Crippen LogP contribution in [-0.4, -0.2) is 24.8 Å². The van der Waals surface area contributed by atoms with Crippen molar-refractivity contribution >= 4 is 0 Å². The lowest BCUT2D eigenvalue weighted by atomic mass is 10.1. The van der Waals surface area contributed by atoms with Crippen LogP contribution in [0, 0.1) is 5.92 Å². The first kappa shape index (κ1) is 12.0. The molecule has 1 aliphatic carbocycles. The molecular formula is C12H25NO. The van der Waals surface area contributed by atoms with E-state index >= 15 is 0 Å². The Balaban J connectivity index is 1.98. The summed E-state index contributed by atoms with van der Waals surface area (Å²) in [4.78, 5) is 0. The predicted molar refractivity (Wildman–Crippen MR) is 60.5 cm³/mol. The summed E-state index contributed by atoms with van der Waals surface area (Å²) in [5.41, 5.74) is 0.0461. The molecule has 0 aliphatic heterocycles. The summed E-state index contributed by atoms with van der Waals surface area (Å²) < 4.78 is 5.77. The summed E-state index contributed by atoms with van der Waals surface area (Å²) in [7, 11) is 0. The van der Waals surface area contributed by atoms with Gasteiger partial charge in [-0.1, -0.05) is 6.92 Å². The Labute approximate surface area is 88.4 Å².